The molecule has 11 nitrogen and oxygen atoms in total. The second-order valence-corrected chi connectivity index (χ2v) is 6.63. The van der Waals surface area contributed by atoms with E-state index in [1.807, 2.05) is 6.92 Å². The lowest BCUT2D eigenvalue weighted by atomic mass is 10.1. The van der Waals surface area contributed by atoms with Gasteiger partial charge < -0.3 is 26.8 Å². The molecular weight excluding hydrogens is 388 g/mol. The SMILES string of the molecule is CCCC(NC(=O)c1ccc(N(C)c2cnc3c(N)nc(N)nc3n2)cc1)C(=O)O. The predicted molar refractivity (Wildman–Crippen MR) is 112 cm³/mol. The largest absolute Gasteiger partial charge is 0.480 e. The summed E-state index contributed by atoms with van der Waals surface area (Å²) in [4.78, 5) is 41.9. The summed E-state index contributed by atoms with van der Waals surface area (Å²) < 4.78 is 0. The molecule has 1 amide bonds. The van der Waals surface area contributed by atoms with Crippen LogP contribution in [0.3, 0.4) is 0 Å². The maximum absolute atomic E-state index is 12.3. The van der Waals surface area contributed by atoms with Gasteiger partial charge in [0.25, 0.3) is 5.91 Å². The predicted octanol–water partition coefficient (Wildman–Crippen LogP) is 1.34. The van der Waals surface area contributed by atoms with Gasteiger partial charge in [-0.25, -0.2) is 14.8 Å². The summed E-state index contributed by atoms with van der Waals surface area (Å²) in [5.74, 6) is -0.852. The van der Waals surface area contributed by atoms with Crippen LogP contribution < -0.4 is 21.7 Å². The van der Waals surface area contributed by atoms with Crippen molar-refractivity contribution >= 4 is 46.3 Å². The first-order valence-corrected chi connectivity index (χ1v) is 9.23. The van der Waals surface area contributed by atoms with Crippen molar-refractivity contribution in [3.05, 3.63) is 36.0 Å². The second kappa shape index (κ2) is 8.55. The first-order valence-electron chi connectivity index (χ1n) is 9.23. The number of hydrogen-bond donors (Lipinski definition) is 4. The Morgan fingerprint density at radius 2 is 1.87 bits per heavy atom. The van der Waals surface area contributed by atoms with Gasteiger partial charge in [-0.1, -0.05) is 13.3 Å². The summed E-state index contributed by atoms with van der Waals surface area (Å²) in [5.41, 5.74) is 13.1. The number of carbonyl (C=O) groups is 2. The Hall–Kier alpha value is -4.02. The molecule has 0 aliphatic carbocycles. The van der Waals surface area contributed by atoms with E-state index in [4.69, 9.17) is 11.5 Å². The van der Waals surface area contributed by atoms with Crippen LogP contribution in [0, 0.1) is 0 Å². The molecule has 156 valence electrons. The standard InChI is InChI=1S/C19H22N8O3/c1-3-4-12(18(29)30)23-17(28)10-5-7-11(8-6-10)27(2)13-9-22-14-15(20)25-19(21)26-16(14)24-13/h5-9,12H,3-4H2,1-2H3,(H,23,28)(H,29,30)(H4,20,21,24,25,26). The number of carboxylic acid groups (broad SMARTS) is 1. The lowest BCUT2D eigenvalue weighted by Gasteiger charge is -2.19. The minimum Gasteiger partial charge on any atom is -0.480 e. The highest BCUT2D eigenvalue weighted by Gasteiger charge is 2.20. The van der Waals surface area contributed by atoms with Gasteiger partial charge in [-0.3, -0.25) is 4.79 Å². The number of nitrogens with one attached hydrogen (secondary N) is 1. The normalized spacial score (nSPS) is 11.8. The van der Waals surface area contributed by atoms with Crippen molar-refractivity contribution in [3.8, 4) is 0 Å². The third kappa shape index (κ3) is 4.35. The smallest absolute Gasteiger partial charge is 0.326 e. The molecule has 0 aliphatic rings. The number of anilines is 4. The Labute approximate surface area is 172 Å². The lowest BCUT2D eigenvalue weighted by Crippen LogP contribution is -2.40. The van der Waals surface area contributed by atoms with Gasteiger partial charge in [-0.05, 0) is 30.7 Å². The highest BCUT2D eigenvalue weighted by atomic mass is 16.4. The quantitative estimate of drug-likeness (QED) is 0.445. The van der Waals surface area contributed by atoms with Gasteiger partial charge >= 0.3 is 5.97 Å². The summed E-state index contributed by atoms with van der Waals surface area (Å²) >= 11 is 0. The Kier molecular flexibility index (Phi) is 5.90. The van der Waals surface area contributed by atoms with Crippen LogP contribution in [-0.2, 0) is 4.79 Å². The molecule has 2 aromatic heterocycles. The molecule has 1 unspecified atom stereocenters. The van der Waals surface area contributed by atoms with Crippen molar-refractivity contribution in [1.29, 1.82) is 0 Å². The van der Waals surface area contributed by atoms with Crippen molar-refractivity contribution < 1.29 is 14.7 Å². The molecule has 0 spiro atoms. The topological polar surface area (TPSA) is 173 Å². The van der Waals surface area contributed by atoms with Crippen LogP contribution in [0.4, 0.5) is 23.3 Å². The monoisotopic (exact) mass is 410 g/mol. The Morgan fingerprint density at radius 3 is 2.50 bits per heavy atom. The molecule has 6 N–H and O–H groups in total. The Morgan fingerprint density at radius 1 is 1.17 bits per heavy atom. The molecule has 0 bridgehead atoms. The third-order valence-corrected chi connectivity index (χ3v) is 4.48. The number of aliphatic carboxylic acids is 1. The van der Waals surface area contributed by atoms with E-state index in [-0.39, 0.29) is 17.4 Å². The number of nitrogen functional groups attached to an aromatic ring is 2. The molecule has 1 aromatic carbocycles. The number of amides is 1. The van der Waals surface area contributed by atoms with E-state index in [1.54, 1.807) is 36.2 Å². The number of nitrogens with zero attached hydrogens (tertiary/aromatic N) is 5. The van der Waals surface area contributed by atoms with Crippen LogP contribution in [0.5, 0.6) is 0 Å². The van der Waals surface area contributed by atoms with E-state index in [2.05, 4.69) is 25.3 Å². The van der Waals surface area contributed by atoms with Gasteiger partial charge in [0.2, 0.25) is 5.95 Å². The van der Waals surface area contributed by atoms with Crippen LogP contribution in [0.25, 0.3) is 11.2 Å². The van der Waals surface area contributed by atoms with E-state index in [0.717, 1.165) is 5.69 Å². The zero-order chi connectivity index (χ0) is 21.8. The van der Waals surface area contributed by atoms with E-state index >= 15 is 0 Å². The first-order chi connectivity index (χ1) is 14.3. The number of fused-ring (bicyclic) bond motifs is 1. The van der Waals surface area contributed by atoms with Crippen molar-refractivity contribution in [3.63, 3.8) is 0 Å². The van der Waals surface area contributed by atoms with Crippen LogP contribution in [0.15, 0.2) is 30.5 Å². The Balaban J connectivity index is 1.79. The van der Waals surface area contributed by atoms with Gasteiger partial charge in [0.05, 0.1) is 6.20 Å². The average Bonchev–Trinajstić information content (AvgIpc) is 2.72. The summed E-state index contributed by atoms with van der Waals surface area (Å²) in [6.07, 6.45) is 2.54. The molecule has 0 radical (unpaired) electrons. The maximum atomic E-state index is 12.3. The molecule has 0 fully saturated rings. The fourth-order valence-corrected chi connectivity index (χ4v) is 2.86. The zero-order valence-electron chi connectivity index (χ0n) is 16.5. The summed E-state index contributed by atoms with van der Waals surface area (Å²) in [6, 6.07) is 5.75. The van der Waals surface area contributed by atoms with E-state index in [0.29, 0.717) is 29.7 Å². The van der Waals surface area contributed by atoms with E-state index in [1.165, 1.54) is 6.20 Å². The average molecular weight is 410 g/mol. The zero-order valence-corrected chi connectivity index (χ0v) is 16.5. The van der Waals surface area contributed by atoms with Gasteiger partial charge in [0.15, 0.2) is 22.8 Å². The minimum absolute atomic E-state index is 0.00667. The molecule has 0 saturated carbocycles. The molecule has 11 heteroatoms. The maximum Gasteiger partial charge on any atom is 0.326 e. The lowest BCUT2D eigenvalue weighted by molar-refractivity contribution is -0.139. The third-order valence-electron chi connectivity index (χ3n) is 4.48. The Bertz CT molecular complexity index is 1090. The van der Waals surface area contributed by atoms with Crippen molar-refractivity contribution in [2.24, 2.45) is 0 Å². The molecule has 0 saturated heterocycles. The first kappa shape index (κ1) is 20.7. The fourth-order valence-electron chi connectivity index (χ4n) is 2.86. The molecule has 3 aromatic rings. The van der Waals surface area contributed by atoms with Crippen molar-refractivity contribution in [1.82, 2.24) is 25.3 Å². The van der Waals surface area contributed by atoms with Crippen molar-refractivity contribution in [2.45, 2.75) is 25.8 Å². The fraction of sp³-hybridized carbons (Fsp3) is 0.263. The highest BCUT2D eigenvalue weighted by molar-refractivity contribution is 5.97. The molecule has 0 aliphatic heterocycles. The van der Waals surface area contributed by atoms with Crippen LogP contribution in [-0.4, -0.2) is 50.0 Å². The number of carboxylic acids is 1. The van der Waals surface area contributed by atoms with Crippen LogP contribution >= 0.6 is 0 Å². The van der Waals surface area contributed by atoms with Gasteiger partial charge in [-0.15, -0.1) is 0 Å². The number of benzene rings is 1. The number of aromatic nitrogens is 4. The molecule has 3 rings (SSSR count). The number of hydrogen-bond acceptors (Lipinski definition) is 9. The van der Waals surface area contributed by atoms with Gasteiger partial charge in [0.1, 0.15) is 6.04 Å². The highest BCUT2D eigenvalue weighted by Crippen LogP contribution is 2.24. The molecule has 1 atom stereocenters. The van der Waals surface area contributed by atoms with E-state index < -0.39 is 17.9 Å². The molecule has 30 heavy (non-hydrogen) atoms. The number of rotatable bonds is 7. The summed E-state index contributed by atoms with van der Waals surface area (Å²) in [5, 5.41) is 11.7. The van der Waals surface area contributed by atoms with Crippen molar-refractivity contribution in [2.75, 3.05) is 23.4 Å². The molecular formula is C19H22N8O3. The van der Waals surface area contributed by atoms with Crippen LogP contribution in [0.2, 0.25) is 0 Å². The summed E-state index contributed by atoms with van der Waals surface area (Å²) in [6.45, 7) is 1.86. The van der Waals surface area contributed by atoms with Gasteiger partial charge in [0, 0.05) is 18.3 Å². The minimum atomic E-state index is -1.05. The van der Waals surface area contributed by atoms with E-state index in [9.17, 15) is 14.7 Å². The number of nitrogens with two attached hydrogens (primary N) is 2. The van der Waals surface area contributed by atoms with Crippen LogP contribution in [0.1, 0.15) is 30.1 Å². The molecule has 2 heterocycles. The van der Waals surface area contributed by atoms with Gasteiger partial charge in [-0.2, -0.15) is 9.97 Å². The second-order valence-electron chi connectivity index (χ2n) is 6.63. The summed E-state index contributed by atoms with van der Waals surface area (Å²) in [7, 11) is 1.78. The number of carbonyl (C=O) groups excluding carboxylic acids is 1.